The van der Waals surface area contributed by atoms with Crippen LogP contribution in [0.3, 0.4) is 0 Å². The van der Waals surface area contributed by atoms with Crippen LogP contribution in [0.5, 0.6) is 0 Å². The molecule has 2 aromatic carbocycles. The van der Waals surface area contributed by atoms with Gasteiger partial charge in [-0.05, 0) is 24.0 Å². The van der Waals surface area contributed by atoms with E-state index < -0.39 is 0 Å². The molecule has 2 amide bonds. The van der Waals surface area contributed by atoms with Gasteiger partial charge in [0.25, 0.3) is 0 Å². The molecule has 0 aliphatic carbocycles. The minimum atomic E-state index is -0.0352. The highest BCUT2D eigenvalue weighted by Crippen LogP contribution is 2.32. The summed E-state index contributed by atoms with van der Waals surface area (Å²) in [5, 5.41) is 9.86. The van der Waals surface area contributed by atoms with E-state index in [0.29, 0.717) is 6.04 Å². The molecule has 1 heterocycles. The van der Waals surface area contributed by atoms with Crippen molar-refractivity contribution >= 4 is 6.03 Å². The zero-order chi connectivity index (χ0) is 21.0. The molecule has 0 saturated carbocycles. The summed E-state index contributed by atoms with van der Waals surface area (Å²) in [7, 11) is 0. The van der Waals surface area contributed by atoms with E-state index in [1.54, 1.807) is 0 Å². The van der Waals surface area contributed by atoms with E-state index in [2.05, 4.69) is 83.5 Å². The Morgan fingerprint density at radius 1 is 0.933 bits per heavy atom. The number of hydrogen-bond acceptors (Lipinski definition) is 2. The van der Waals surface area contributed by atoms with Crippen molar-refractivity contribution in [3.63, 3.8) is 0 Å². The zero-order valence-electron chi connectivity index (χ0n) is 18.3. The number of benzene rings is 2. The number of carbonyl (C=O) groups is 1. The summed E-state index contributed by atoms with van der Waals surface area (Å²) < 4.78 is 0. The molecule has 1 aliphatic heterocycles. The van der Waals surface area contributed by atoms with Gasteiger partial charge in [-0.3, -0.25) is 0 Å². The van der Waals surface area contributed by atoms with Crippen LogP contribution < -0.4 is 16.0 Å². The molecule has 4 nitrogen and oxygen atoms in total. The minimum absolute atomic E-state index is 0.0352. The number of nitrogens with one attached hydrogen (secondary N) is 3. The second kappa shape index (κ2) is 12.4. The number of hydrogen-bond donors (Lipinski definition) is 3. The minimum Gasteiger partial charge on any atom is -0.338 e. The first-order chi connectivity index (χ1) is 14.8. The fourth-order valence-corrected chi connectivity index (χ4v) is 4.45. The number of unbranched alkanes of at least 4 members (excludes halogenated alkanes) is 5. The molecule has 1 saturated heterocycles. The van der Waals surface area contributed by atoms with E-state index in [-0.39, 0.29) is 18.0 Å². The van der Waals surface area contributed by atoms with Crippen LogP contribution in [-0.4, -0.2) is 31.2 Å². The second-order valence-corrected chi connectivity index (χ2v) is 8.41. The van der Waals surface area contributed by atoms with Gasteiger partial charge >= 0.3 is 6.03 Å². The van der Waals surface area contributed by atoms with Crippen LogP contribution in [0.1, 0.15) is 68.9 Å². The van der Waals surface area contributed by atoms with Crippen LogP contribution in [-0.2, 0) is 0 Å². The average molecular weight is 408 g/mol. The van der Waals surface area contributed by atoms with Crippen LogP contribution >= 0.6 is 0 Å². The van der Waals surface area contributed by atoms with Gasteiger partial charge in [0.05, 0.1) is 0 Å². The largest absolute Gasteiger partial charge is 0.338 e. The maximum Gasteiger partial charge on any atom is 0.315 e. The third kappa shape index (κ3) is 6.88. The van der Waals surface area contributed by atoms with Gasteiger partial charge in [-0.15, -0.1) is 0 Å². The highest BCUT2D eigenvalue weighted by Gasteiger charge is 2.32. The van der Waals surface area contributed by atoms with E-state index in [1.807, 2.05) is 0 Å². The van der Waals surface area contributed by atoms with Gasteiger partial charge in [0.15, 0.2) is 0 Å². The van der Waals surface area contributed by atoms with Crippen LogP contribution in [0, 0.1) is 0 Å². The van der Waals surface area contributed by atoms with E-state index >= 15 is 0 Å². The Labute approximate surface area is 181 Å². The van der Waals surface area contributed by atoms with Crippen molar-refractivity contribution in [1.29, 1.82) is 0 Å². The van der Waals surface area contributed by atoms with Crippen molar-refractivity contribution in [2.24, 2.45) is 0 Å². The lowest BCUT2D eigenvalue weighted by Crippen LogP contribution is -2.43. The Morgan fingerprint density at radius 3 is 2.17 bits per heavy atom. The van der Waals surface area contributed by atoms with Crippen molar-refractivity contribution < 1.29 is 4.79 Å². The van der Waals surface area contributed by atoms with Gasteiger partial charge < -0.3 is 16.0 Å². The molecule has 3 rings (SSSR count). The molecular formula is C26H37N3O. The lowest BCUT2D eigenvalue weighted by Gasteiger charge is -2.25. The van der Waals surface area contributed by atoms with Crippen molar-refractivity contribution in [2.75, 3.05) is 13.1 Å². The molecule has 0 radical (unpaired) electrons. The Balaban J connectivity index is 1.48. The first kappa shape index (κ1) is 22.4. The maximum absolute atomic E-state index is 12.3. The third-order valence-electron chi connectivity index (χ3n) is 6.04. The highest BCUT2D eigenvalue weighted by atomic mass is 16.2. The van der Waals surface area contributed by atoms with Crippen LogP contribution in [0.2, 0.25) is 0 Å². The fraction of sp³-hybridized carbons (Fsp3) is 0.500. The molecular weight excluding hydrogens is 370 g/mol. The summed E-state index contributed by atoms with van der Waals surface area (Å²) in [4.78, 5) is 12.3. The first-order valence-corrected chi connectivity index (χ1v) is 11.7. The van der Waals surface area contributed by atoms with Crippen LogP contribution in [0.15, 0.2) is 60.7 Å². The first-order valence-electron chi connectivity index (χ1n) is 11.7. The lowest BCUT2D eigenvalue weighted by molar-refractivity contribution is 0.237. The van der Waals surface area contributed by atoms with E-state index in [1.165, 1.54) is 43.2 Å². The van der Waals surface area contributed by atoms with E-state index in [9.17, 15) is 4.79 Å². The Bertz CT molecular complexity index is 695. The third-order valence-corrected chi connectivity index (χ3v) is 6.04. The average Bonchev–Trinajstić information content (AvgIpc) is 3.22. The van der Waals surface area contributed by atoms with Crippen LogP contribution in [0.4, 0.5) is 4.79 Å². The molecule has 2 atom stereocenters. The zero-order valence-corrected chi connectivity index (χ0v) is 18.3. The fourth-order valence-electron chi connectivity index (χ4n) is 4.45. The van der Waals surface area contributed by atoms with E-state index in [0.717, 1.165) is 25.9 Å². The summed E-state index contributed by atoms with van der Waals surface area (Å²) in [5.41, 5.74) is 2.63. The van der Waals surface area contributed by atoms with Crippen molar-refractivity contribution in [3.8, 4) is 0 Å². The number of amides is 2. The normalized spacial score (nSPS) is 18.5. The molecule has 0 bridgehead atoms. The van der Waals surface area contributed by atoms with Gasteiger partial charge in [0, 0.05) is 31.1 Å². The maximum atomic E-state index is 12.3. The number of urea groups is 1. The molecule has 4 heteroatoms. The monoisotopic (exact) mass is 407 g/mol. The van der Waals surface area contributed by atoms with Crippen molar-refractivity contribution in [1.82, 2.24) is 16.0 Å². The van der Waals surface area contributed by atoms with Gasteiger partial charge in [0.1, 0.15) is 0 Å². The van der Waals surface area contributed by atoms with Gasteiger partial charge in [-0.2, -0.15) is 0 Å². The smallest absolute Gasteiger partial charge is 0.315 e. The Hall–Kier alpha value is -2.33. The molecule has 2 aromatic rings. The lowest BCUT2D eigenvalue weighted by atomic mass is 9.84. The summed E-state index contributed by atoms with van der Waals surface area (Å²) in [5.74, 6) is 0.283. The highest BCUT2D eigenvalue weighted by molar-refractivity contribution is 5.74. The molecule has 0 aromatic heterocycles. The molecule has 1 aliphatic rings. The summed E-state index contributed by atoms with van der Waals surface area (Å²) in [6.45, 7) is 3.81. The predicted molar refractivity (Wildman–Crippen MR) is 125 cm³/mol. The summed E-state index contributed by atoms with van der Waals surface area (Å²) in [6.07, 6.45) is 8.35. The standard InChI is InChI=1S/C26H37N3O/c1-2-3-4-5-6-13-18-27-26(30)29-23-19-24(28-20-23)25(21-14-9-7-10-15-21)22-16-11-8-12-17-22/h7-12,14-17,23-25,28H,2-6,13,18-20H2,1H3,(H2,27,29,30)/t23-,24-/m1/s1. The molecule has 0 unspecified atom stereocenters. The van der Waals surface area contributed by atoms with E-state index in [4.69, 9.17) is 0 Å². The number of carbonyl (C=O) groups excluding carboxylic acids is 1. The molecule has 1 fully saturated rings. The van der Waals surface area contributed by atoms with Gasteiger partial charge in [-0.1, -0.05) is 99.7 Å². The van der Waals surface area contributed by atoms with Crippen LogP contribution in [0.25, 0.3) is 0 Å². The quantitative estimate of drug-likeness (QED) is 0.448. The van der Waals surface area contributed by atoms with Crippen molar-refractivity contribution in [3.05, 3.63) is 71.8 Å². The Morgan fingerprint density at radius 2 is 1.53 bits per heavy atom. The number of rotatable bonds is 11. The summed E-state index contributed by atoms with van der Waals surface area (Å²) >= 11 is 0. The van der Waals surface area contributed by atoms with Gasteiger partial charge in [0.2, 0.25) is 0 Å². The SMILES string of the molecule is CCCCCCCCNC(=O)N[C@H]1CN[C@@H](C(c2ccccc2)c2ccccc2)C1. The second-order valence-electron chi connectivity index (χ2n) is 8.41. The molecule has 3 N–H and O–H groups in total. The molecule has 30 heavy (non-hydrogen) atoms. The Kier molecular flexibility index (Phi) is 9.23. The molecule has 162 valence electrons. The van der Waals surface area contributed by atoms with Gasteiger partial charge in [-0.25, -0.2) is 4.79 Å². The summed E-state index contributed by atoms with van der Waals surface area (Å²) in [6, 6.07) is 21.8. The molecule has 0 spiro atoms. The predicted octanol–water partition coefficient (Wildman–Crippen LogP) is 5.21. The van der Waals surface area contributed by atoms with Crippen molar-refractivity contribution in [2.45, 2.75) is 69.9 Å². The topological polar surface area (TPSA) is 53.2 Å².